The predicted molar refractivity (Wildman–Crippen MR) is 94.8 cm³/mol. The van der Waals surface area contributed by atoms with Crippen LogP contribution in [0.3, 0.4) is 0 Å². The molecular formula is C18H20BrFN2O2. The minimum Gasteiger partial charge on any atom is -0.454 e. The van der Waals surface area contributed by atoms with Crippen molar-refractivity contribution in [2.24, 2.45) is 0 Å². The normalized spacial score (nSPS) is 14.2. The molecule has 24 heavy (non-hydrogen) atoms. The molecule has 0 amide bonds. The molecule has 3 rings (SSSR count). The molecule has 0 aliphatic carbocycles. The number of rotatable bonds is 6. The molecule has 128 valence electrons. The highest BCUT2D eigenvalue weighted by Gasteiger charge is 2.18. The van der Waals surface area contributed by atoms with Gasteiger partial charge in [0.25, 0.3) is 0 Å². The van der Waals surface area contributed by atoms with Gasteiger partial charge in [0.2, 0.25) is 6.79 Å². The first-order valence-corrected chi connectivity index (χ1v) is 8.54. The van der Waals surface area contributed by atoms with E-state index in [1.54, 1.807) is 12.1 Å². The van der Waals surface area contributed by atoms with E-state index in [-0.39, 0.29) is 18.7 Å². The first-order valence-electron chi connectivity index (χ1n) is 7.75. The van der Waals surface area contributed by atoms with Crippen LogP contribution in [0.2, 0.25) is 0 Å². The van der Waals surface area contributed by atoms with Crippen molar-refractivity contribution in [3.63, 3.8) is 0 Å². The van der Waals surface area contributed by atoms with E-state index in [2.05, 4.69) is 26.1 Å². The average molecular weight is 395 g/mol. The summed E-state index contributed by atoms with van der Waals surface area (Å²) in [6, 6.07) is 10.8. The van der Waals surface area contributed by atoms with E-state index in [0.29, 0.717) is 13.1 Å². The summed E-state index contributed by atoms with van der Waals surface area (Å²) in [5.41, 5.74) is 2.06. The van der Waals surface area contributed by atoms with Gasteiger partial charge in [-0.3, -0.25) is 0 Å². The van der Waals surface area contributed by atoms with E-state index in [4.69, 9.17) is 9.47 Å². The molecule has 0 unspecified atom stereocenters. The molecule has 0 aromatic heterocycles. The monoisotopic (exact) mass is 394 g/mol. The topological polar surface area (TPSA) is 33.7 Å². The smallest absolute Gasteiger partial charge is 0.231 e. The second-order valence-electron chi connectivity index (χ2n) is 5.98. The van der Waals surface area contributed by atoms with Crippen molar-refractivity contribution in [2.45, 2.75) is 12.6 Å². The van der Waals surface area contributed by atoms with Crippen LogP contribution in [0.4, 0.5) is 4.39 Å². The molecule has 1 aliphatic heterocycles. The summed E-state index contributed by atoms with van der Waals surface area (Å²) in [6.45, 7) is 1.66. The summed E-state index contributed by atoms with van der Waals surface area (Å²) in [5, 5.41) is 3.44. The molecule has 2 aromatic rings. The highest BCUT2D eigenvalue weighted by atomic mass is 79.9. The highest BCUT2D eigenvalue weighted by molar-refractivity contribution is 9.10. The van der Waals surface area contributed by atoms with Gasteiger partial charge in [0.05, 0.1) is 4.47 Å². The fraction of sp³-hybridized carbons (Fsp3) is 0.333. The Morgan fingerprint density at radius 1 is 1.25 bits per heavy atom. The Morgan fingerprint density at radius 2 is 2.08 bits per heavy atom. The van der Waals surface area contributed by atoms with Gasteiger partial charge in [0.1, 0.15) is 5.82 Å². The van der Waals surface area contributed by atoms with Gasteiger partial charge in [0, 0.05) is 19.1 Å². The summed E-state index contributed by atoms with van der Waals surface area (Å²) < 4.78 is 25.2. The zero-order valence-corrected chi connectivity index (χ0v) is 15.3. The lowest BCUT2D eigenvalue weighted by atomic mass is 10.1. The van der Waals surface area contributed by atoms with Crippen LogP contribution < -0.4 is 14.8 Å². The van der Waals surface area contributed by atoms with Crippen molar-refractivity contribution in [2.75, 3.05) is 27.4 Å². The highest BCUT2D eigenvalue weighted by Crippen LogP contribution is 2.39. The largest absolute Gasteiger partial charge is 0.454 e. The first-order chi connectivity index (χ1) is 11.5. The molecule has 0 fully saturated rings. The van der Waals surface area contributed by atoms with Gasteiger partial charge >= 0.3 is 0 Å². The molecule has 0 spiro atoms. The Labute approximate surface area is 149 Å². The van der Waals surface area contributed by atoms with Crippen LogP contribution in [0.5, 0.6) is 11.5 Å². The number of likely N-dealkylation sites (N-methyl/N-ethyl adjacent to an activating group) is 1. The maximum absolute atomic E-state index is 13.5. The number of hydrogen-bond donors (Lipinski definition) is 1. The summed E-state index contributed by atoms with van der Waals surface area (Å²) >= 11 is 3.50. The van der Waals surface area contributed by atoms with Crippen molar-refractivity contribution >= 4 is 15.9 Å². The maximum Gasteiger partial charge on any atom is 0.231 e. The number of fused-ring (bicyclic) bond motifs is 1. The minimum atomic E-state index is -0.209. The summed E-state index contributed by atoms with van der Waals surface area (Å²) in [7, 11) is 3.99. The van der Waals surface area contributed by atoms with E-state index < -0.39 is 0 Å². The molecular weight excluding hydrogens is 375 g/mol. The number of nitrogens with zero attached hydrogens (tertiary/aromatic N) is 1. The maximum atomic E-state index is 13.5. The zero-order valence-electron chi connectivity index (χ0n) is 13.7. The Balaban J connectivity index is 1.65. The fourth-order valence-corrected chi connectivity index (χ4v) is 3.39. The van der Waals surface area contributed by atoms with Gasteiger partial charge < -0.3 is 19.7 Å². The van der Waals surface area contributed by atoms with Gasteiger partial charge in [-0.25, -0.2) is 4.39 Å². The van der Waals surface area contributed by atoms with Crippen LogP contribution in [0, 0.1) is 5.82 Å². The van der Waals surface area contributed by atoms with Crippen LogP contribution >= 0.6 is 15.9 Å². The molecule has 4 nitrogen and oxygen atoms in total. The third-order valence-electron chi connectivity index (χ3n) is 4.01. The molecule has 0 bridgehead atoms. The summed E-state index contributed by atoms with van der Waals surface area (Å²) in [6.07, 6.45) is 0. The Morgan fingerprint density at radius 3 is 2.83 bits per heavy atom. The molecule has 0 radical (unpaired) electrons. The number of halogens is 2. The number of hydrogen-bond acceptors (Lipinski definition) is 4. The second-order valence-corrected chi connectivity index (χ2v) is 6.83. The van der Waals surface area contributed by atoms with Crippen molar-refractivity contribution in [1.29, 1.82) is 0 Å². The standard InChI is InChI=1S/C18H20BrFN2O2/c1-22(2)16(13-4-3-5-14(20)8-13)10-21-9-12-6-15(19)18-17(7-12)23-11-24-18/h3-8,16,21H,9-11H2,1-2H3/t16-/m1/s1. The van der Waals surface area contributed by atoms with Gasteiger partial charge in [-0.1, -0.05) is 12.1 Å². The predicted octanol–water partition coefficient (Wildman–Crippen LogP) is 3.71. The molecule has 1 aliphatic rings. The molecule has 1 N–H and O–H groups in total. The lowest BCUT2D eigenvalue weighted by Crippen LogP contribution is -2.30. The van der Waals surface area contributed by atoms with Crippen molar-refractivity contribution in [3.05, 3.63) is 57.8 Å². The van der Waals surface area contributed by atoms with Crippen LogP contribution in [-0.4, -0.2) is 32.3 Å². The molecule has 1 heterocycles. The fourth-order valence-electron chi connectivity index (χ4n) is 2.79. The zero-order chi connectivity index (χ0) is 17.1. The molecule has 0 saturated carbocycles. The van der Waals surface area contributed by atoms with E-state index in [1.165, 1.54) is 6.07 Å². The van der Waals surface area contributed by atoms with Crippen molar-refractivity contribution in [3.8, 4) is 11.5 Å². The van der Waals surface area contributed by atoms with Crippen molar-refractivity contribution in [1.82, 2.24) is 10.2 Å². The van der Waals surface area contributed by atoms with E-state index in [9.17, 15) is 4.39 Å². The Hall–Kier alpha value is -1.63. The molecule has 1 atom stereocenters. The van der Waals surface area contributed by atoms with Crippen LogP contribution in [-0.2, 0) is 6.54 Å². The molecule has 2 aromatic carbocycles. The minimum absolute atomic E-state index is 0.0955. The first kappa shape index (κ1) is 17.2. The lowest BCUT2D eigenvalue weighted by molar-refractivity contribution is 0.173. The number of ether oxygens (including phenoxy) is 2. The second kappa shape index (κ2) is 7.51. The van der Waals surface area contributed by atoms with E-state index >= 15 is 0 Å². The Bertz CT molecular complexity index is 724. The van der Waals surface area contributed by atoms with Gasteiger partial charge in [0.15, 0.2) is 11.5 Å². The van der Waals surface area contributed by atoms with Crippen LogP contribution in [0.15, 0.2) is 40.9 Å². The average Bonchev–Trinajstić information content (AvgIpc) is 3.00. The van der Waals surface area contributed by atoms with Gasteiger partial charge in [-0.15, -0.1) is 0 Å². The SMILES string of the molecule is CN(C)[C@H](CNCc1cc(Br)c2c(c1)OCO2)c1cccc(F)c1. The lowest BCUT2D eigenvalue weighted by Gasteiger charge is -2.25. The number of benzene rings is 2. The molecule has 6 heteroatoms. The third-order valence-corrected chi connectivity index (χ3v) is 4.60. The van der Waals surface area contributed by atoms with E-state index in [1.807, 2.05) is 32.3 Å². The van der Waals surface area contributed by atoms with Crippen LogP contribution in [0.25, 0.3) is 0 Å². The summed E-state index contributed by atoms with van der Waals surface area (Å²) in [5.74, 6) is 1.30. The van der Waals surface area contributed by atoms with Crippen LogP contribution in [0.1, 0.15) is 17.2 Å². The quantitative estimate of drug-likeness (QED) is 0.809. The van der Waals surface area contributed by atoms with Gasteiger partial charge in [-0.05, 0) is 65.4 Å². The van der Waals surface area contributed by atoms with Crippen molar-refractivity contribution < 1.29 is 13.9 Å². The number of nitrogens with one attached hydrogen (secondary N) is 1. The van der Waals surface area contributed by atoms with Gasteiger partial charge in [-0.2, -0.15) is 0 Å². The van der Waals surface area contributed by atoms with E-state index in [0.717, 1.165) is 27.1 Å². The summed E-state index contributed by atoms with van der Waals surface area (Å²) in [4.78, 5) is 2.08. The molecule has 0 saturated heterocycles. The third kappa shape index (κ3) is 3.88. The Kier molecular flexibility index (Phi) is 5.38.